The first-order valence-electron chi connectivity index (χ1n) is 8.40. The van der Waals surface area contributed by atoms with Gasteiger partial charge in [0.05, 0.1) is 7.11 Å². The molecular weight excluding hydrogens is 326 g/mol. The molecule has 0 spiro atoms. The van der Waals surface area contributed by atoms with Crippen LogP contribution >= 0.6 is 0 Å². The van der Waals surface area contributed by atoms with E-state index in [2.05, 4.69) is 37.4 Å². The van der Waals surface area contributed by atoms with E-state index in [1.807, 2.05) is 36.7 Å². The van der Waals surface area contributed by atoms with E-state index in [0.717, 1.165) is 34.4 Å². The number of methoxy groups -OCH3 is 1. The predicted molar refractivity (Wildman–Crippen MR) is 101 cm³/mol. The Morgan fingerprint density at radius 2 is 1.88 bits per heavy atom. The molecule has 6 heteroatoms. The molecule has 0 radical (unpaired) electrons. The molecule has 0 amide bonds. The summed E-state index contributed by atoms with van der Waals surface area (Å²) >= 11 is 0. The Balaban J connectivity index is 1.40. The minimum Gasteiger partial charge on any atom is -0.481 e. The average molecular weight is 345 g/mol. The van der Waals surface area contributed by atoms with E-state index in [-0.39, 0.29) is 0 Å². The van der Waals surface area contributed by atoms with Crippen LogP contribution in [-0.2, 0) is 13.0 Å². The lowest BCUT2D eigenvalue weighted by molar-refractivity contribution is 0.397. The number of nitrogens with zero attached hydrogens (tertiary/aromatic N) is 3. The zero-order chi connectivity index (χ0) is 17.8. The van der Waals surface area contributed by atoms with Gasteiger partial charge in [-0.2, -0.15) is 0 Å². The van der Waals surface area contributed by atoms with Crippen molar-refractivity contribution in [2.45, 2.75) is 13.0 Å². The summed E-state index contributed by atoms with van der Waals surface area (Å²) in [4.78, 5) is 16.2. The van der Waals surface area contributed by atoms with Crippen molar-refractivity contribution in [1.29, 1.82) is 0 Å². The molecular formula is C20H19N5O. The van der Waals surface area contributed by atoms with Gasteiger partial charge in [0.25, 0.3) is 0 Å². The van der Waals surface area contributed by atoms with Crippen LogP contribution in [0.3, 0.4) is 0 Å². The second kappa shape index (κ2) is 7.23. The Bertz CT molecular complexity index is 993. The molecule has 130 valence electrons. The highest BCUT2D eigenvalue weighted by Crippen LogP contribution is 2.19. The van der Waals surface area contributed by atoms with Gasteiger partial charge in [0.1, 0.15) is 11.5 Å². The summed E-state index contributed by atoms with van der Waals surface area (Å²) in [5.41, 5.74) is 4.37. The predicted octanol–water partition coefficient (Wildman–Crippen LogP) is 3.56. The highest BCUT2D eigenvalue weighted by atomic mass is 16.5. The van der Waals surface area contributed by atoms with Gasteiger partial charge in [-0.1, -0.05) is 12.1 Å². The molecule has 2 N–H and O–H groups in total. The van der Waals surface area contributed by atoms with E-state index in [1.165, 1.54) is 5.56 Å². The van der Waals surface area contributed by atoms with Gasteiger partial charge in [0, 0.05) is 49.2 Å². The molecule has 4 aromatic heterocycles. The van der Waals surface area contributed by atoms with Crippen LogP contribution in [0, 0.1) is 0 Å². The van der Waals surface area contributed by atoms with Crippen LogP contribution in [0.5, 0.6) is 5.88 Å². The van der Waals surface area contributed by atoms with Gasteiger partial charge in [0.2, 0.25) is 5.88 Å². The Labute approximate surface area is 151 Å². The third-order valence-electron chi connectivity index (χ3n) is 4.24. The number of rotatable bonds is 6. The van der Waals surface area contributed by atoms with E-state index in [1.54, 1.807) is 19.5 Å². The number of ether oxygens (including phenoxy) is 1. The molecule has 0 fully saturated rings. The van der Waals surface area contributed by atoms with E-state index >= 15 is 0 Å². The van der Waals surface area contributed by atoms with Crippen LogP contribution in [0.4, 0.5) is 5.82 Å². The summed E-state index contributed by atoms with van der Waals surface area (Å²) in [5, 5.41) is 4.46. The number of H-pyrrole nitrogens is 1. The number of hydrogen-bond donors (Lipinski definition) is 2. The molecule has 0 aliphatic heterocycles. The van der Waals surface area contributed by atoms with E-state index in [0.29, 0.717) is 12.4 Å². The Kier molecular flexibility index (Phi) is 4.47. The summed E-state index contributed by atoms with van der Waals surface area (Å²) in [5.74, 6) is 1.45. The van der Waals surface area contributed by atoms with Crippen LogP contribution < -0.4 is 10.1 Å². The van der Waals surface area contributed by atoms with E-state index in [9.17, 15) is 0 Å². The van der Waals surface area contributed by atoms with Gasteiger partial charge in [-0.05, 0) is 34.9 Å². The molecule has 6 nitrogen and oxygen atoms in total. The molecule has 0 unspecified atom stereocenters. The molecule has 4 rings (SSSR count). The van der Waals surface area contributed by atoms with Crippen LogP contribution in [0.2, 0.25) is 0 Å². The fraction of sp³-hybridized carbons (Fsp3) is 0.150. The number of fused-ring (bicyclic) bond motifs is 1. The number of pyridine rings is 3. The lowest BCUT2D eigenvalue weighted by atomic mass is 10.1. The molecule has 0 bridgehead atoms. The zero-order valence-electron chi connectivity index (χ0n) is 14.4. The van der Waals surface area contributed by atoms with Crippen LogP contribution in [0.1, 0.15) is 16.7 Å². The molecule has 4 heterocycles. The van der Waals surface area contributed by atoms with Gasteiger partial charge >= 0.3 is 0 Å². The highest BCUT2D eigenvalue weighted by Gasteiger charge is 2.05. The number of anilines is 1. The second-order valence-corrected chi connectivity index (χ2v) is 6.00. The number of aromatic amines is 1. The lowest BCUT2D eigenvalue weighted by Crippen LogP contribution is -2.02. The summed E-state index contributed by atoms with van der Waals surface area (Å²) in [7, 11) is 1.61. The minimum absolute atomic E-state index is 0.615. The quantitative estimate of drug-likeness (QED) is 0.559. The SMILES string of the molecule is COc1ccc(CNc2ccc(Cc3c[nH]c4ncccc34)cn2)cn1. The maximum Gasteiger partial charge on any atom is 0.212 e. The first-order valence-corrected chi connectivity index (χ1v) is 8.40. The maximum atomic E-state index is 5.06. The number of nitrogens with one attached hydrogen (secondary N) is 2. The monoisotopic (exact) mass is 345 g/mol. The molecule has 0 aliphatic carbocycles. The van der Waals surface area contributed by atoms with Gasteiger partial charge in [-0.3, -0.25) is 0 Å². The van der Waals surface area contributed by atoms with Crippen LogP contribution in [0.25, 0.3) is 11.0 Å². The average Bonchev–Trinajstić information content (AvgIpc) is 3.11. The third-order valence-corrected chi connectivity index (χ3v) is 4.24. The third kappa shape index (κ3) is 3.49. The zero-order valence-corrected chi connectivity index (χ0v) is 14.4. The van der Waals surface area contributed by atoms with Gasteiger partial charge in [0.15, 0.2) is 0 Å². The summed E-state index contributed by atoms with van der Waals surface area (Å²) in [6.45, 7) is 0.664. The molecule has 26 heavy (non-hydrogen) atoms. The van der Waals surface area contributed by atoms with Crippen molar-refractivity contribution in [3.05, 3.63) is 77.9 Å². The minimum atomic E-state index is 0.615. The molecule has 0 atom stereocenters. The summed E-state index contributed by atoms with van der Waals surface area (Å²) < 4.78 is 5.06. The maximum absolute atomic E-state index is 5.06. The van der Waals surface area contributed by atoms with Crippen molar-refractivity contribution >= 4 is 16.9 Å². The van der Waals surface area contributed by atoms with Crippen LogP contribution in [0.15, 0.2) is 61.2 Å². The van der Waals surface area contributed by atoms with Crippen LogP contribution in [-0.4, -0.2) is 27.0 Å². The normalized spacial score (nSPS) is 10.8. The molecule has 4 aromatic rings. The van der Waals surface area contributed by atoms with Crippen molar-refractivity contribution in [1.82, 2.24) is 19.9 Å². The van der Waals surface area contributed by atoms with E-state index < -0.39 is 0 Å². The largest absolute Gasteiger partial charge is 0.481 e. The summed E-state index contributed by atoms with van der Waals surface area (Å²) in [6.07, 6.45) is 8.33. The van der Waals surface area contributed by atoms with Gasteiger partial charge < -0.3 is 15.0 Å². The Morgan fingerprint density at radius 1 is 1.00 bits per heavy atom. The summed E-state index contributed by atoms with van der Waals surface area (Å²) in [6, 6.07) is 12.0. The Hall–Kier alpha value is -3.41. The smallest absolute Gasteiger partial charge is 0.212 e. The number of hydrogen-bond acceptors (Lipinski definition) is 5. The van der Waals surface area contributed by atoms with Crippen molar-refractivity contribution in [3.63, 3.8) is 0 Å². The van der Waals surface area contributed by atoms with E-state index in [4.69, 9.17) is 4.74 Å². The molecule has 0 aromatic carbocycles. The topological polar surface area (TPSA) is 75.7 Å². The molecule has 0 saturated heterocycles. The lowest BCUT2D eigenvalue weighted by Gasteiger charge is -2.07. The van der Waals surface area contributed by atoms with Gasteiger partial charge in [-0.15, -0.1) is 0 Å². The van der Waals surface area contributed by atoms with Crippen molar-refractivity contribution < 1.29 is 4.74 Å². The van der Waals surface area contributed by atoms with Crippen molar-refractivity contribution in [3.8, 4) is 5.88 Å². The first-order chi connectivity index (χ1) is 12.8. The van der Waals surface area contributed by atoms with Crippen molar-refractivity contribution in [2.24, 2.45) is 0 Å². The standard InChI is InChI=1S/C20H19N5O/c1-26-19-7-5-15(12-24-19)11-23-18-6-4-14(10-22-18)9-16-13-25-20-17(16)3-2-8-21-20/h2-8,10,12-13H,9,11H2,1H3,(H,21,25)(H,22,23). The highest BCUT2D eigenvalue weighted by molar-refractivity contribution is 5.79. The first kappa shape index (κ1) is 16.1. The van der Waals surface area contributed by atoms with Gasteiger partial charge in [-0.25, -0.2) is 15.0 Å². The molecule has 0 saturated carbocycles. The fourth-order valence-electron chi connectivity index (χ4n) is 2.84. The second-order valence-electron chi connectivity index (χ2n) is 6.00. The Morgan fingerprint density at radius 3 is 2.65 bits per heavy atom. The number of aromatic nitrogens is 4. The molecule has 0 aliphatic rings. The van der Waals surface area contributed by atoms with Crippen molar-refractivity contribution in [2.75, 3.05) is 12.4 Å². The fourth-order valence-corrected chi connectivity index (χ4v) is 2.84.